The van der Waals surface area contributed by atoms with Crippen LogP contribution in [0.1, 0.15) is 31.7 Å². The summed E-state index contributed by atoms with van der Waals surface area (Å²) in [6.45, 7) is 4.42. The maximum absolute atomic E-state index is 12.8. The van der Waals surface area contributed by atoms with Gasteiger partial charge in [-0.1, -0.05) is 6.42 Å². The van der Waals surface area contributed by atoms with Gasteiger partial charge >= 0.3 is 0 Å². The van der Waals surface area contributed by atoms with Crippen molar-refractivity contribution in [2.75, 3.05) is 6.54 Å². The van der Waals surface area contributed by atoms with Crippen molar-refractivity contribution in [2.24, 2.45) is 0 Å². The van der Waals surface area contributed by atoms with Crippen molar-refractivity contribution in [3.05, 3.63) is 30.1 Å². The fourth-order valence-electron chi connectivity index (χ4n) is 2.88. The number of rotatable bonds is 3. The number of aryl methyl sites for hydroxylation is 1. The second-order valence-electron chi connectivity index (χ2n) is 5.66. The molecule has 3 rings (SSSR count). The Balaban J connectivity index is 1.96. The van der Waals surface area contributed by atoms with Gasteiger partial charge in [0.15, 0.2) is 0 Å². The van der Waals surface area contributed by atoms with Gasteiger partial charge in [-0.05, 0) is 60.9 Å². The van der Waals surface area contributed by atoms with Crippen molar-refractivity contribution in [3.63, 3.8) is 0 Å². The fraction of sp³-hybridized carbons (Fsp3) is 0.500. The van der Waals surface area contributed by atoms with Crippen molar-refractivity contribution in [1.82, 2.24) is 24.5 Å². The summed E-state index contributed by atoms with van der Waals surface area (Å²) in [6.07, 6.45) is 4.42. The zero-order valence-corrected chi connectivity index (χ0v) is 13.5. The topological polar surface area (TPSA) is 81.0 Å². The van der Waals surface area contributed by atoms with E-state index < -0.39 is 10.0 Å². The Morgan fingerprint density at radius 3 is 2.73 bits per heavy atom. The number of nitrogens with zero attached hydrogens (tertiary/aromatic N) is 5. The molecule has 1 fully saturated rings. The van der Waals surface area contributed by atoms with Crippen LogP contribution in [0, 0.1) is 6.92 Å². The molecule has 0 spiro atoms. The van der Waals surface area contributed by atoms with Crippen LogP contribution in [0.5, 0.6) is 0 Å². The number of aromatic nitrogens is 4. The molecule has 0 amide bonds. The number of tetrazole rings is 1. The van der Waals surface area contributed by atoms with Crippen molar-refractivity contribution in [2.45, 2.75) is 44.0 Å². The minimum Gasteiger partial charge on any atom is -0.207 e. The van der Waals surface area contributed by atoms with Crippen LogP contribution in [0.4, 0.5) is 0 Å². The minimum atomic E-state index is -3.45. The van der Waals surface area contributed by atoms with E-state index in [9.17, 15) is 8.42 Å². The largest absolute Gasteiger partial charge is 0.243 e. The monoisotopic (exact) mass is 321 g/mol. The van der Waals surface area contributed by atoms with Crippen LogP contribution in [0.3, 0.4) is 0 Å². The third-order valence-electron chi connectivity index (χ3n) is 4.11. The molecular weight excluding hydrogens is 302 g/mol. The van der Waals surface area contributed by atoms with Crippen LogP contribution < -0.4 is 0 Å². The molecular formula is C14H19N5O2S. The zero-order valence-electron chi connectivity index (χ0n) is 12.7. The molecule has 0 saturated carbocycles. The first kappa shape index (κ1) is 15.1. The summed E-state index contributed by atoms with van der Waals surface area (Å²) in [4.78, 5) is 0.329. The maximum Gasteiger partial charge on any atom is 0.243 e. The van der Waals surface area contributed by atoms with Crippen LogP contribution in [0.2, 0.25) is 0 Å². The molecule has 0 radical (unpaired) electrons. The van der Waals surface area contributed by atoms with E-state index in [1.807, 2.05) is 13.8 Å². The smallest absolute Gasteiger partial charge is 0.207 e. The van der Waals surface area contributed by atoms with E-state index in [4.69, 9.17) is 0 Å². The first-order valence-corrected chi connectivity index (χ1v) is 8.80. The van der Waals surface area contributed by atoms with Crippen LogP contribution in [0.15, 0.2) is 29.4 Å². The molecule has 118 valence electrons. The molecule has 1 aromatic carbocycles. The predicted octanol–water partition coefficient (Wildman–Crippen LogP) is 1.53. The second-order valence-corrected chi connectivity index (χ2v) is 7.55. The molecule has 1 aliphatic heterocycles. The van der Waals surface area contributed by atoms with Gasteiger partial charge in [0.05, 0.1) is 10.6 Å². The van der Waals surface area contributed by atoms with Crippen LogP contribution in [0.25, 0.3) is 5.69 Å². The molecule has 1 aromatic heterocycles. The molecule has 1 saturated heterocycles. The minimum absolute atomic E-state index is 0.0539. The number of sulfonamides is 1. The van der Waals surface area contributed by atoms with E-state index in [1.165, 1.54) is 11.0 Å². The molecule has 7 nitrogen and oxygen atoms in total. The number of hydrogen-bond donors (Lipinski definition) is 0. The lowest BCUT2D eigenvalue weighted by atomic mass is 10.1. The third kappa shape index (κ3) is 2.64. The predicted molar refractivity (Wildman–Crippen MR) is 81.1 cm³/mol. The number of hydrogen-bond acceptors (Lipinski definition) is 5. The Labute approximate surface area is 130 Å². The van der Waals surface area contributed by atoms with Crippen molar-refractivity contribution < 1.29 is 8.42 Å². The normalized spacial score (nSPS) is 20.2. The number of piperidine rings is 1. The van der Waals surface area contributed by atoms with Gasteiger partial charge in [-0.15, -0.1) is 5.10 Å². The van der Waals surface area contributed by atoms with Gasteiger partial charge in [0.25, 0.3) is 0 Å². The first-order chi connectivity index (χ1) is 10.5. The third-order valence-corrected chi connectivity index (χ3v) is 6.12. The lowest BCUT2D eigenvalue weighted by Gasteiger charge is -2.32. The van der Waals surface area contributed by atoms with E-state index in [2.05, 4.69) is 15.5 Å². The molecule has 22 heavy (non-hydrogen) atoms. The lowest BCUT2D eigenvalue weighted by Crippen LogP contribution is -2.41. The average molecular weight is 321 g/mol. The Morgan fingerprint density at radius 2 is 2.09 bits per heavy atom. The summed E-state index contributed by atoms with van der Waals surface area (Å²) >= 11 is 0. The summed E-state index contributed by atoms with van der Waals surface area (Å²) in [5.74, 6) is 0. The standard InChI is InChI=1S/C14H19N5O2S/c1-11-9-13(6-7-14(11)18-10-15-16-17-18)22(20,21)19-8-4-3-5-12(19)2/h6-7,9-10,12H,3-5,8H2,1-2H3. The van der Waals surface area contributed by atoms with Crippen LogP contribution in [-0.4, -0.2) is 45.5 Å². The Kier molecular flexibility index (Phi) is 3.96. The van der Waals surface area contributed by atoms with Gasteiger partial charge < -0.3 is 0 Å². The van der Waals surface area contributed by atoms with Gasteiger partial charge in [0, 0.05) is 12.6 Å². The number of benzene rings is 1. The van der Waals surface area contributed by atoms with Crippen LogP contribution >= 0.6 is 0 Å². The van der Waals surface area contributed by atoms with Gasteiger partial charge in [-0.2, -0.15) is 4.31 Å². The Hall–Kier alpha value is -1.80. The van der Waals surface area contributed by atoms with Crippen LogP contribution in [-0.2, 0) is 10.0 Å². The highest BCUT2D eigenvalue weighted by Gasteiger charge is 2.31. The van der Waals surface area contributed by atoms with Crippen molar-refractivity contribution >= 4 is 10.0 Å². The summed E-state index contributed by atoms with van der Waals surface area (Å²) < 4.78 is 28.8. The van der Waals surface area contributed by atoms with Gasteiger partial charge in [0.1, 0.15) is 6.33 Å². The van der Waals surface area contributed by atoms with Crippen molar-refractivity contribution in [3.8, 4) is 5.69 Å². The molecule has 8 heteroatoms. The quantitative estimate of drug-likeness (QED) is 0.856. The van der Waals surface area contributed by atoms with Crippen molar-refractivity contribution in [1.29, 1.82) is 0 Å². The van der Waals surface area contributed by atoms with Gasteiger partial charge in [-0.3, -0.25) is 0 Å². The lowest BCUT2D eigenvalue weighted by molar-refractivity contribution is 0.268. The summed E-state index contributed by atoms with van der Waals surface area (Å²) in [5, 5.41) is 11.0. The maximum atomic E-state index is 12.8. The molecule has 1 atom stereocenters. The molecule has 0 aliphatic carbocycles. The summed E-state index contributed by atoms with van der Waals surface area (Å²) in [5.41, 5.74) is 1.59. The molecule has 0 N–H and O–H groups in total. The van der Waals surface area contributed by atoms with E-state index in [1.54, 1.807) is 22.5 Å². The SMILES string of the molecule is Cc1cc(S(=O)(=O)N2CCCCC2C)ccc1-n1cnnn1. The molecule has 1 unspecified atom stereocenters. The average Bonchev–Trinajstić information content (AvgIpc) is 3.01. The van der Waals surface area contributed by atoms with E-state index >= 15 is 0 Å². The van der Waals surface area contributed by atoms with Gasteiger partial charge in [-0.25, -0.2) is 13.1 Å². The van der Waals surface area contributed by atoms with Gasteiger partial charge in [0.2, 0.25) is 10.0 Å². The molecule has 0 bridgehead atoms. The van der Waals surface area contributed by atoms with E-state index in [-0.39, 0.29) is 6.04 Å². The Bertz CT molecular complexity index is 758. The highest BCUT2D eigenvalue weighted by Crippen LogP contribution is 2.26. The van der Waals surface area contributed by atoms with E-state index in [0.29, 0.717) is 11.4 Å². The zero-order chi connectivity index (χ0) is 15.7. The second kappa shape index (κ2) is 5.77. The summed E-state index contributed by atoms with van der Waals surface area (Å²) in [7, 11) is -3.45. The molecule has 2 heterocycles. The van der Waals surface area contributed by atoms with E-state index in [0.717, 1.165) is 30.5 Å². The molecule has 1 aliphatic rings. The highest BCUT2D eigenvalue weighted by atomic mass is 32.2. The Morgan fingerprint density at radius 1 is 1.27 bits per heavy atom. The molecule has 2 aromatic rings. The first-order valence-electron chi connectivity index (χ1n) is 7.36. The summed E-state index contributed by atoms with van der Waals surface area (Å²) in [6, 6.07) is 5.11. The fourth-order valence-corrected chi connectivity index (χ4v) is 4.67. The highest BCUT2D eigenvalue weighted by molar-refractivity contribution is 7.89.